The van der Waals surface area contributed by atoms with Crippen LogP contribution in [0.3, 0.4) is 0 Å². The van der Waals surface area contributed by atoms with Crippen LogP contribution >= 0.6 is 0 Å². The maximum atomic E-state index is 13.6. The second-order valence-corrected chi connectivity index (χ2v) is 5.09. The van der Waals surface area contributed by atoms with Gasteiger partial charge in [0.25, 0.3) is 0 Å². The van der Waals surface area contributed by atoms with E-state index in [1.165, 1.54) is 12.5 Å². The second-order valence-electron chi connectivity index (χ2n) is 5.09. The number of rotatable bonds is 1. The molecule has 0 radical (unpaired) electrons. The van der Waals surface area contributed by atoms with Gasteiger partial charge in [0.1, 0.15) is 17.4 Å². The maximum absolute atomic E-state index is 13.6. The Morgan fingerprint density at radius 1 is 1.39 bits per heavy atom. The molecule has 2 fully saturated rings. The minimum Gasteiger partial charge on any atom is -0.370 e. The van der Waals surface area contributed by atoms with E-state index in [1.807, 2.05) is 12.1 Å². The Kier molecular flexibility index (Phi) is 2.92. The third-order valence-corrected chi connectivity index (χ3v) is 4.10. The van der Waals surface area contributed by atoms with Gasteiger partial charge in [-0.1, -0.05) is 6.07 Å². The van der Waals surface area contributed by atoms with Crippen molar-refractivity contribution in [3.63, 3.8) is 0 Å². The number of hydrogen-bond donors (Lipinski definition) is 1. The molecule has 2 saturated heterocycles. The van der Waals surface area contributed by atoms with Crippen molar-refractivity contribution in [1.29, 1.82) is 5.26 Å². The smallest absolute Gasteiger partial charge is 0.143 e. The Bertz CT molecular complexity index is 494. The second kappa shape index (κ2) is 4.58. The van der Waals surface area contributed by atoms with Crippen LogP contribution in [0.25, 0.3) is 0 Å². The SMILES string of the molecule is N#Cc1c(F)cccc1N1CCC2NCCC2C1. The lowest BCUT2D eigenvalue weighted by atomic mass is 9.92. The van der Waals surface area contributed by atoms with Crippen molar-refractivity contribution in [2.75, 3.05) is 24.5 Å². The summed E-state index contributed by atoms with van der Waals surface area (Å²) in [6.07, 6.45) is 2.25. The number of nitrogens with one attached hydrogen (secondary N) is 1. The molecule has 4 heteroatoms. The minimum atomic E-state index is -0.415. The molecule has 1 aromatic carbocycles. The molecule has 0 amide bonds. The van der Waals surface area contributed by atoms with Gasteiger partial charge in [0, 0.05) is 19.1 Å². The van der Waals surface area contributed by atoms with E-state index in [0.717, 1.165) is 31.7 Å². The molecular formula is C14H16FN3. The molecule has 1 aromatic rings. The van der Waals surface area contributed by atoms with Crippen molar-refractivity contribution in [3.05, 3.63) is 29.6 Å². The molecule has 0 spiro atoms. The Morgan fingerprint density at radius 3 is 3.11 bits per heavy atom. The average molecular weight is 245 g/mol. The molecule has 2 heterocycles. The number of nitriles is 1. The van der Waals surface area contributed by atoms with E-state index < -0.39 is 5.82 Å². The highest BCUT2D eigenvalue weighted by atomic mass is 19.1. The van der Waals surface area contributed by atoms with Gasteiger partial charge in [0.05, 0.1) is 5.69 Å². The van der Waals surface area contributed by atoms with Gasteiger partial charge in [-0.25, -0.2) is 4.39 Å². The molecule has 0 bridgehead atoms. The Hall–Kier alpha value is -1.60. The molecule has 2 aliphatic rings. The fourth-order valence-electron chi connectivity index (χ4n) is 3.15. The molecule has 0 aromatic heterocycles. The first-order chi connectivity index (χ1) is 8.79. The fraction of sp³-hybridized carbons (Fsp3) is 0.500. The molecular weight excluding hydrogens is 229 g/mol. The van der Waals surface area contributed by atoms with Crippen LogP contribution in [0.15, 0.2) is 18.2 Å². The summed E-state index contributed by atoms with van der Waals surface area (Å²) in [6.45, 7) is 2.90. The summed E-state index contributed by atoms with van der Waals surface area (Å²) in [5.74, 6) is 0.218. The number of piperidine rings is 1. The van der Waals surface area contributed by atoms with Crippen LogP contribution in [0.5, 0.6) is 0 Å². The Morgan fingerprint density at radius 2 is 2.28 bits per heavy atom. The summed E-state index contributed by atoms with van der Waals surface area (Å²) in [6, 6.07) is 7.49. The van der Waals surface area contributed by atoms with Gasteiger partial charge in [0.2, 0.25) is 0 Å². The molecule has 0 saturated carbocycles. The van der Waals surface area contributed by atoms with Crippen molar-refractivity contribution >= 4 is 5.69 Å². The van der Waals surface area contributed by atoms with Crippen LogP contribution in [0.2, 0.25) is 0 Å². The van der Waals surface area contributed by atoms with Crippen molar-refractivity contribution in [2.24, 2.45) is 5.92 Å². The molecule has 3 rings (SSSR count). The number of fused-ring (bicyclic) bond motifs is 1. The predicted octanol–water partition coefficient (Wildman–Crippen LogP) is 1.89. The molecule has 2 atom stereocenters. The summed E-state index contributed by atoms with van der Waals surface area (Å²) >= 11 is 0. The first-order valence-corrected chi connectivity index (χ1v) is 6.46. The Labute approximate surface area is 106 Å². The number of anilines is 1. The lowest BCUT2D eigenvalue weighted by Gasteiger charge is -2.36. The lowest BCUT2D eigenvalue weighted by molar-refractivity contribution is 0.376. The van der Waals surface area contributed by atoms with E-state index in [-0.39, 0.29) is 5.56 Å². The van der Waals surface area contributed by atoms with Crippen molar-refractivity contribution in [3.8, 4) is 6.07 Å². The monoisotopic (exact) mass is 245 g/mol. The molecule has 3 nitrogen and oxygen atoms in total. The van der Waals surface area contributed by atoms with E-state index in [2.05, 4.69) is 10.2 Å². The summed E-state index contributed by atoms with van der Waals surface area (Å²) in [7, 11) is 0. The fourth-order valence-corrected chi connectivity index (χ4v) is 3.15. The molecule has 94 valence electrons. The van der Waals surface area contributed by atoms with Crippen LogP contribution in [0, 0.1) is 23.1 Å². The van der Waals surface area contributed by atoms with Crippen LogP contribution in [0.1, 0.15) is 18.4 Å². The highest BCUT2D eigenvalue weighted by Crippen LogP contribution is 2.30. The molecule has 18 heavy (non-hydrogen) atoms. The normalized spacial score (nSPS) is 26.8. The largest absolute Gasteiger partial charge is 0.370 e. The lowest BCUT2D eigenvalue weighted by Crippen LogP contribution is -2.44. The van der Waals surface area contributed by atoms with Gasteiger partial charge in [-0.05, 0) is 37.4 Å². The quantitative estimate of drug-likeness (QED) is 0.821. The van der Waals surface area contributed by atoms with E-state index in [4.69, 9.17) is 5.26 Å². The van der Waals surface area contributed by atoms with Gasteiger partial charge < -0.3 is 10.2 Å². The van der Waals surface area contributed by atoms with Gasteiger partial charge >= 0.3 is 0 Å². The zero-order valence-corrected chi connectivity index (χ0v) is 10.2. The highest BCUT2D eigenvalue weighted by Gasteiger charge is 2.33. The summed E-state index contributed by atoms with van der Waals surface area (Å²) < 4.78 is 13.6. The first kappa shape index (κ1) is 11.5. The zero-order valence-electron chi connectivity index (χ0n) is 10.2. The average Bonchev–Trinajstić information content (AvgIpc) is 2.85. The van der Waals surface area contributed by atoms with Crippen LogP contribution in [-0.4, -0.2) is 25.7 Å². The predicted molar refractivity (Wildman–Crippen MR) is 67.8 cm³/mol. The summed E-state index contributed by atoms with van der Waals surface area (Å²) in [4.78, 5) is 2.16. The topological polar surface area (TPSA) is 39.1 Å². The maximum Gasteiger partial charge on any atom is 0.143 e. The third kappa shape index (κ3) is 1.85. The molecule has 0 aliphatic carbocycles. The number of nitrogens with zero attached hydrogens (tertiary/aromatic N) is 2. The number of halogens is 1. The van der Waals surface area contributed by atoms with Crippen molar-refractivity contribution in [1.82, 2.24) is 5.32 Å². The standard InChI is InChI=1S/C14H16FN3/c15-12-2-1-3-14(11(12)8-16)18-7-5-13-10(9-18)4-6-17-13/h1-3,10,13,17H,4-7,9H2. The van der Waals surface area contributed by atoms with E-state index in [9.17, 15) is 4.39 Å². The summed E-state index contributed by atoms with van der Waals surface area (Å²) in [5.41, 5.74) is 0.935. The first-order valence-electron chi connectivity index (χ1n) is 6.46. The van der Waals surface area contributed by atoms with Gasteiger partial charge in [0.15, 0.2) is 0 Å². The van der Waals surface area contributed by atoms with Crippen LogP contribution < -0.4 is 10.2 Å². The van der Waals surface area contributed by atoms with E-state index in [1.54, 1.807) is 6.07 Å². The van der Waals surface area contributed by atoms with E-state index in [0.29, 0.717) is 12.0 Å². The highest BCUT2D eigenvalue weighted by molar-refractivity contribution is 5.60. The van der Waals surface area contributed by atoms with Crippen molar-refractivity contribution in [2.45, 2.75) is 18.9 Å². The van der Waals surface area contributed by atoms with Gasteiger partial charge in [-0.3, -0.25) is 0 Å². The number of hydrogen-bond acceptors (Lipinski definition) is 3. The van der Waals surface area contributed by atoms with Gasteiger partial charge in [-0.15, -0.1) is 0 Å². The minimum absolute atomic E-state index is 0.182. The molecule has 1 N–H and O–H groups in total. The van der Waals surface area contributed by atoms with Gasteiger partial charge in [-0.2, -0.15) is 5.26 Å². The third-order valence-electron chi connectivity index (χ3n) is 4.10. The Balaban J connectivity index is 1.87. The molecule has 2 aliphatic heterocycles. The van der Waals surface area contributed by atoms with Crippen LogP contribution in [-0.2, 0) is 0 Å². The van der Waals surface area contributed by atoms with Crippen LogP contribution in [0.4, 0.5) is 10.1 Å². The number of benzene rings is 1. The zero-order chi connectivity index (χ0) is 12.5. The molecule has 2 unspecified atom stereocenters. The summed E-state index contributed by atoms with van der Waals surface area (Å²) in [5, 5.41) is 12.6. The van der Waals surface area contributed by atoms with Crippen molar-refractivity contribution < 1.29 is 4.39 Å². The van der Waals surface area contributed by atoms with E-state index >= 15 is 0 Å².